The summed E-state index contributed by atoms with van der Waals surface area (Å²) in [6, 6.07) is 13.5. The van der Waals surface area contributed by atoms with Crippen LogP contribution in [0.4, 0.5) is 5.69 Å². The van der Waals surface area contributed by atoms with Crippen molar-refractivity contribution in [3.05, 3.63) is 45.6 Å². The number of anilines is 1. The van der Waals surface area contributed by atoms with E-state index in [2.05, 4.69) is 16.3 Å². The molecule has 0 bridgehead atoms. The second kappa shape index (κ2) is 9.70. The third-order valence-corrected chi connectivity index (χ3v) is 5.43. The number of likely N-dealkylation sites (N-methyl/N-ethyl adjacent to an activating group) is 1. The average Bonchev–Trinajstić information content (AvgIpc) is 2.98. The van der Waals surface area contributed by atoms with Gasteiger partial charge in [0.15, 0.2) is 0 Å². The van der Waals surface area contributed by atoms with Gasteiger partial charge in [0.05, 0.1) is 28.4 Å². The highest BCUT2D eigenvalue weighted by Gasteiger charge is 2.12. The minimum Gasteiger partial charge on any atom is -0.324 e. The van der Waals surface area contributed by atoms with Gasteiger partial charge in [-0.3, -0.25) is 9.69 Å². The maximum Gasteiger partial charge on any atom is 0.238 e. The van der Waals surface area contributed by atoms with E-state index in [4.69, 9.17) is 16.9 Å². The fourth-order valence-corrected chi connectivity index (χ4v) is 3.93. The lowest BCUT2D eigenvalue weighted by molar-refractivity contribution is -0.117. The highest BCUT2D eigenvalue weighted by molar-refractivity contribution is 7.99. The van der Waals surface area contributed by atoms with Crippen LogP contribution >= 0.6 is 34.7 Å². The van der Waals surface area contributed by atoms with E-state index >= 15 is 0 Å². The van der Waals surface area contributed by atoms with Gasteiger partial charge in [0.1, 0.15) is 0 Å². The molecule has 0 atom stereocenters. The molecule has 1 aromatic carbocycles. The van der Waals surface area contributed by atoms with Gasteiger partial charge < -0.3 is 5.32 Å². The van der Waals surface area contributed by atoms with Crippen LogP contribution in [0.1, 0.15) is 11.8 Å². The molecule has 4 nitrogen and oxygen atoms in total. The van der Waals surface area contributed by atoms with Crippen molar-refractivity contribution >= 4 is 46.3 Å². The molecule has 1 aromatic heterocycles. The van der Waals surface area contributed by atoms with Crippen LogP contribution in [-0.2, 0) is 11.3 Å². The number of para-hydroxylation sites is 1. The van der Waals surface area contributed by atoms with Crippen molar-refractivity contribution in [2.24, 2.45) is 0 Å². The normalized spacial score (nSPS) is 10.6. The summed E-state index contributed by atoms with van der Waals surface area (Å²) in [5.41, 5.74) is 0.748. The van der Waals surface area contributed by atoms with Crippen molar-refractivity contribution in [1.82, 2.24) is 4.90 Å². The number of thioether (sulfide) groups is 1. The van der Waals surface area contributed by atoms with Crippen molar-refractivity contribution in [3.63, 3.8) is 0 Å². The number of rotatable bonds is 8. The van der Waals surface area contributed by atoms with E-state index in [1.807, 2.05) is 43.3 Å². The molecule has 1 heterocycles. The van der Waals surface area contributed by atoms with Crippen LogP contribution in [0.25, 0.3) is 0 Å². The number of thiophene rings is 1. The number of benzene rings is 1. The van der Waals surface area contributed by atoms with Crippen LogP contribution in [-0.4, -0.2) is 29.6 Å². The van der Waals surface area contributed by atoms with Gasteiger partial charge in [-0.05, 0) is 30.8 Å². The lowest BCUT2D eigenvalue weighted by atomic mass is 10.3. The van der Waals surface area contributed by atoms with Gasteiger partial charge in [0.2, 0.25) is 5.91 Å². The van der Waals surface area contributed by atoms with Crippen LogP contribution in [0.15, 0.2) is 41.3 Å². The molecule has 126 valence electrons. The Labute approximate surface area is 155 Å². The highest BCUT2D eigenvalue weighted by Crippen LogP contribution is 2.26. The molecular weight excluding hydrogens is 362 g/mol. The zero-order valence-corrected chi connectivity index (χ0v) is 15.7. The molecule has 0 aliphatic heterocycles. The lowest BCUT2D eigenvalue weighted by Gasteiger charge is -2.19. The SMILES string of the molecule is CCN(CC(=O)Nc1ccccc1SCC#N)Cc1ccc(Cl)s1. The van der Waals surface area contributed by atoms with E-state index in [-0.39, 0.29) is 5.91 Å². The number of carbonyl (C=O) groups excluding carboxylic acids is 1. The number of nitriles is 1. The summed E-state index contributed by atoms with van der Waals surface area (Å²) >= 11 is 8.90. The Bertz CT molecular complexity index is 727. The molecule has 0 saturated carbocycles. The van der Waals surface area contributed by atoms with Crippen LogP contribution < -0.4 is 5.32 Å². The molecule has 2 rings (SSSR count). The third kappa shape index (κ3) is 5.84. The molecule has 0 unspecified atom stereocenters. The standard InChI is InChI=1S/C17H18ClN3OS2/c1-2-21(11-13-7-8-16(18)24-13)12-17(22)20-14-5-3-4-6-15(14)23-10-9-19/h3-8H,2,10-12H2,1H3,(H,20,22). The summed E-state index contributed by atoms with van der Waals surface area (Å²) in [6.07, 6.45) is 0. The van der Waals surface area contributed by atoms with Gasteiger partial charge in [0.25, 0.3) is 0 Å². The van der Waals surface area contributed by atoms with Crippen molar-refractivity contribution in [1.29, 1.82) is 5.26 Å². The summed E-state index contributed by atoms with van der Waals surface area (Å²) in [5.74, 6) is 0.289. The van der Waals surface area contributed by atoms with Gasteiger partial charge >= 0.3 is 0 Å². The monoisotopic (exact) mass is 379 g/mol. The van der Waals surface area contributed by atoms with Crippen molar-refractivity contribution < 1.29 is 4.79 Å². The van der Waals surface area contributed by atoms with Gasteiger partial charge in [-0.1, -0.05) is 30.7 Å². The van der Waals surface area contributed by atoms with E-state index < -0.39 is 0 Å². The summed E-state index contributed by atoms with van der Waals surface area (Å²) in [4.78, 5) is 16.5. The molecule has 0 spiro atoms. The quantitative estimate of drug-likeness (QED) is 0.687. The second-order valence-electron chi connectivity index (χ2n) is 5.00. The maximum absolute atomic E-state index is 12.4. The van der Waals surface area contributed by atoms with Gasteiger partial charge in [-0.2, -0.15) is 5.26 Å². The van der Waals surface area contributed by atoms with E-state index in [1.54, 1.807) is 0 Å². The molecule has 1 N–H and O–H groups in total. The molecule has 0 saturated heterocycles. The van der Waals surface area contributed by atoms with Gasteiger partial charge in [0, 0.05) is 16.3 Å². The van der Waals surface area contributed by atoms with Crippen molar-refractivity contribution in [2.75, 3.05) is 24.2 Å². The van der Waals surface area contributed by atoms with E-state index in [1.165, 1.54) is 23.1 Å². The molecule has 7 heteroatoms. The summed E-state index contributed by atoms with van der Waals surface area (Å²) < 4.78 is 0.758. The third-order valence-electron chi connectivity index (χ3n) is 3.28. The fourth-order valence-electron chi connectivity index (χ4n) is 2.14. The smallest absolute Gasteiger partial charge is 0.238 e. The first-order valence-corrected chi connectivity index (χ1v) is 9.65. The predicted octanol–water partition coefficient (Wildman–Crippen LogP) is 4.48. The first kappa shape index (κ1) is 18.8. The topological polar surface area (TPSA) is 56.1 Å². The summed E-state index contributed by atoms with van der Waals surface area (Å²) in [6.45, 7) is 3.81. The van der Waals surface area contributed by atoms with E-state index in [9.17, 15) is 4.79 Å². The van der Waals surface area contributed by atoms with Crippen LogP contribution in [0.5, 0.6) is 0 Å². The molecule has 0 fully saturated rings. The molecule has 0 aliphatic carbocycles. The van der Waals surface area contributed by atoms with Crippen LogP contribution in [0.3, 0.4) is 0 Å². The first-order chi connectivity index (χ1) is 11.6. The number of hydrogen-bond donors (Lipinski definition) is 1. The lowest BCUT2D eigenvalue weighted by Crippen LogP contribution is -2.32. The van der Waals surface area contributed by atoms with Gasteiger partial charge in [-0.15, -0.1) is 23.1 Å². The second-order valence-corrected chi connectivity index (χ2v) is 7.82. The minimum atomic E-state index is -0.0653. The van der Waals surface area contributed by atoms with Crippen molar-refractivity contribution in [3.8, 4) is 6.07 Å². The Morgan fingerprint density at radius 2 is 2.17 bits per heavy atom. The largest absolute Gasteiger partial charge is 0.324 e. The van der Waals surface area contributed by atoms with Crippen molar-refractivity contribution in [2.45, 2.75) is 18.4 Å². The van der Waals surface area contributed by atoms with Crippen LogP contribution in [0.2, 0.25) is 4.34 Å². The maximum atomic E-state index is 12.4. The van der Waals surface area contributed by atoms with E-state index in [0.29, 0.717) is 18.8 Å². The molecule has 0 radical (unpaired) electrons. The highest BCUT2D eigenvalue weighted by atomic mass is 35.5. The van der Waals surface area contributed by atoms with Crippen LogP contribution in [0, 0.1) is 11.3 Å². The average molecular weight is 380 g/mol. The van der Waals surface area contributed by atoms with Gasteiger partial charge in [-0.25, -0.2) is 0 Å². The summed E-state index contributed by atoms with van der Waals surface area (Å²) in [7, 11) is 0. The Balaban J connectivity index is 1.95. The summed E-state index contributed by atoms with van der Waals surface area (Å²) in [5, 5.41) is 11.7. The number of halogens is 1. The number of nitrogens with one attached hydrogen (secondary N) is 1. The number of amides is 1. The number of carbonyl (C=O) groups is 1. The predicted molar refractivity (Wildman–Crippen MR) is 102 cm³/mol. The molecule has 0 aliphatic rings. The van der Waals surface area contributed by atoms with E-state index in [0.717, 1.165) is 26.3 Å². The Kier molecular flexibility index (Phi) is 7.60. The number of hydrogen-bond acceptors (Lipinski definition) is 5. The Hall–Kier alpha value is -1.52. The minimum absolute atomic E-state index is 0.0653. The zero-order valence-electron chi connectivity index (χ0n) is 13.3. The number of nitrogens with zero attached hydrogens (tertiary/aromatic N) is 2. The fraction of sp³-hybridized carbons (Fsp3) is 0.294. The first-order valence-electron chi connectivity index (χ1n) is 7.47. The molecule has 1 amide bonds. The zero-order chi connectivity index (χ0) is 17.4. The Morgan fingerprint density at radius 3 is 2.83 bits per heavy atom. The Morgan fingerprint density at radius 1 is 1.38 bits per heavy atom. The molecule has 24 heavy (non-hydrogen) atoms. The molecular formula is C17H18ClN3OS2. The molecule has 2 aromatic rings.